The van der Waals surface area contributed by atoms with Crippen molar-refractivity contribution in [2.45, 2.75) is 88.9 Å². The maximum Gasteiger partial charge on any atom is 0.272 e. The Bertz CT molecular complexity index is 1530. The molecule has 0 N–H and O–H groups in total. The highest BCUT2D eigenvalue weighted by atomic mass is 32.2. The second-order valence-electron chi connectivity index (χ2n) is 12.1. The molecule has 0 bridgehead atoms. The van der Waals surface area contributed by atoms with Crippen molar-refractivity contribution in [3.05, 3.63) is 60.4 Å². The quantitative estimate of drug-likeness (QED) is 0.164. The van der Waals surface area contributed by atoms with Crippen molar-refractivity contribution in [1.82, 2.24) is 14.7 Å². The summed E-state index contributed by atoms with van der Waals surface area (Å²) in [6, 6.07) is 7.09. The molecule has 0 aliphatic carbocycles. The number of hydrogen-bond acceptors (Lipinski definition) is 9. The molecular weight excluding hydrogens is 637 g/mol. The molecule has 47 heavy (non-hydrogen) atoms. The zero-order valence-electron chi connectivity index (χ0n) is 28.6. The SMILES string of the molecule is CCCCN1CCN(CCCC)C1=C/C=C/C1=[N+](CCCC)CCN1CCCC.O=S(=O)([O-])c1cccc2c(S(=O)(=O)[O-])cccc12. The molecule has 0 amide bonds. The van der Waals surface area contributed by atoms with E-state index in [0.717, 1.165) is 12.1 Å². The number of benzene rings is 2. The van der Waals surface area contributed by atoms with Gasteiger partial charge in [-0.1, -0.05) is 83.7 Å². The summed E-state index contributed by atoms with van der Waals surface area (Å²) in [4.78, 5) is 6.71. The van der Waals surface area contributed by atoms with Crippen LogP contribution in [-0.4, -0.2) is 103 Å². The van der Waals surface area contributed by atoms with Crippen LogP contribution in [0.4, 0.5) is 0 Å². The van der Waals surface area contributed by atoms with Gasteiger partial charge in [0.15, 0.2) is 0 Å². The first-order valence-electron chi connectivity index (χ1n) is 17.1. The second-order valence-corrected chi connectivity index (χ2v) is 14.8. The summed E-state index contributed by atoms with van der Waals surface area (Å²) in [5, 5.41) is -0.158. The summed E-state index contributed by atoms with van der Waals surface area (Å²) in [5.74, 6) is 2.89. The first-order chi connectivity index (χ1) is 22.5. The molecule has 1 fully saturated rings. The maximum absolute atomic E-state index is 11.0. The standard InChI is InChI=1S/C25H47N4.C10H8O6S2/c1-5-9-16-26-20-21-27(17-10-6-2)24(26)14-13-15-25-28(18-11-7-3)22-23-29(25)19-12-8-4;11-17(12,13)9-5-1-3-7-8(9)4-2-6-10(7)18(14,15)16/h13-15H,5-12,16-23H2,1-4H3;1-6H,(H,11,12,13)(H,14,15,16)/q+1;/p-2. The maximum atomic E-state index is 11.0. The molecule has 0 unspecified atom stereocenters. The minimum absolute atomic E-state index is 0.0792. The van der Waals surface area contributed by atoms with Gasteiger partial charge in [0.2, 0.25) is 0 Å². The topological polar surface area (TPSA) is 127 Å². The van der Waals surface area contributed by atoms with Crippen LogP contribution >= 0.6 is 0 Å². The van der Waals surface area contributed by atoms with E-state index in [9.17, 15) is 25.9 Å². The highest BCUT2D eigenvalue weighted by Crippen LogP contribution is 2.28. The fourth-order valence-electron chi connectivity index (χ4n) is 5.97. The molecule has 4 rings (SSSR count). The predicted molar refractivity (Wildman–Crippen MR) is 186 cm³/mol. The average Bonchev–Trinajstić information content (AvgIpc) is 3.62. The predicted octanol–water partition coefficient (Wildman–Crippen LogP) is 5.58. The van der Waals surface area contributed by atoms with Gasteiger partial charge in [-0.3, -0.25) is 9.48 Å². The minimum Gasteiger partial charge on any atom is -0.744 e. The molecule has 0 radical (unpaired) electrons. The number of unbranched alkanes of at least 4 members (excludes halogenated alkanes) is 4. The Kier molecular flexibility index (Phi) is 15.2. The van der Waals surface area contributed by atoms with Crippen LogP contribution < -0.4 is 0 Å². The van der Waals surface area contributed by atoms with Crippen molar-refractivity contribution in [3.63, 3.8) is 0 Å². The van der Waals surface area contributed by atoms with Crippen LogP contribution in [0.5, 0.6) is 0 Å². The van der Waals surface area contributed by atoms with E-state index in [-0.39, 0.29) is 10.8 Å². The van der Waals surface area contributed by atoms with E-state index in [0.29, 0.717) is 0 Å². The van der Waals surface area contributed by atoms with E-state index in [2.05, 4.69) is 65.2 Å². The Hall–Kier alpha value is -2.93. The molecule has 2 aliphatic heterocycles. The molecule has 0 atom stereocenters. The number of amidine groups is 1. The number of nitrogens with zero attached hydrogens (tertiary/aromatic N) is 4. The lowest BCUT2D eigenvalue weighted by Crippen LogP contribution is -2.29. The lowest BCUT2D eigenvalue weighted by atomic mass is 10.1. The van der Waals surface area contributed by atoms with Crippen LogP contribution in [0.3, 0.4) is 0 Å². The van der Waals surface area contributed by atoms with Gasteiger partial charge in [-0.2, -0.15) is 0 Å². The number of fused-ring (bicyclic) bond motifs is 1. The molecule has 262 valence electrons. The van der Waals surface area contributed by atoms with Crippen LogP contribution in [0.15, 0.2) is 70.2 Å². The van der Waals surface area contributed by atoms with Crippen LogP contribution in [-0.2, 0) is 20.2 Å². The average molecular weight is 690 g/mol. The van der Waals surface area contributed by atoms with Gasteiger partial charge in [-0.25, -0.2) is 16.8 Å². The van der Waals surface area contributed by atoms with Crippen LogP contribution in [0.25, 0.3) is 10.8 Å². The van der Waals surface area contributed by atoms with E-state index in [1.807, 2.05) is 0 Å². The Morgan fingerprint density at radius 1 is 0.681 bits per heavy atom. The molecule has 10 nitrogen and oxygen atoms in total. The zero-order valence-corrected chi connectivity index (χ0v) is 30.2. The van der Waals surface area contributed by atoms with Gasteiger partial charge in [-0.15, -0.1) is 0 Å². The third-order valence-electron chi connectivity index (χ3n) is 8.57. The lowest BCUT2D eigenvalue weighted by Gasteiger charge is -2.24. The first kappa shape index (κ1) is 38.5. The molecule has 12 heteroatoms. The summed E-state index contributed by atoms with van der Waals surface area (Å²) in [6.45, 7) is 18.7. The number of hydrogen-bond donors (Lipinski definition) is 0. The third-order valence-corrected chi connectivity index (χ3v) is 10.4. The van der Waals surface area contributed by atoms with Crippen molar-refractivity contribution in [2.75, 3.05) is 52.4 Å². The molecule has 2 heterocycles. The normalized spacial score (nSPS) is 15.7. The van der Waals surface area contributed by atoms with Gasteiger partial charge in [-0.05, 0) is 43.9 Å². The van der Waals surface area contributed by atoms with Crippen LogP contribution in [0.2, 0.25) is 0 Å². The van der Waals surface area contributed by atoms with Crippen LogP contribution in [0.1, 0.15) is 79.1 Å². The molecule has 2 aromatic rings. The molecular formula is C35H53N4O6S2-. The second kappa shape index (κ2) is 18.6. The summed E-state index contributed by atoms with van der Waals surface area (Å²) < 4.78 is 68.8. The third kappa shape index (κ3) is 11.1. The fourth-order valence-corrected chi connectivity index (χ4v) is 7.36. The first-order valence-corrected chi connectivity index (χ1v) is 20.0. The molecule has 1 saturated heterocycles. The Morgan fingerprint density at radius 2 is 1.15 bits per heavy atom. The van der Waals surface area contributed by atoms with Crippen molar-refractivity contribution >= 4 is 36.8 Å². The number of rotatable bonds is 16. The van der Waals surface area contributed by atoms with E-state index >= 15 is 0 Å². The smallest absolute Gasteiger partial charge is 0.272 e. The summed E-state index contributed by atoms with van der Waals surface area (Å²) in [7, 11) is -9.48. The van der Waals surface area contributed by atoms with Gasteiger partial charge < -0.3 is 18.9 Å². The Labute approximate surface area is 282 Å². The van der Waals surface area contributed by atoms with Gasteiger partial charge >= 0.3 is 0 Å². The van der Waals surface area contributed by atoms with Crippen molar-refractivity contribution in [1.29, 1.82) is 0 Å². The van der Waals surface area contributed by atoms with Crippen LogP contribution in [0, 0.1) is 0 Å². The number of allylic oxidation sites excluding steroid dienone is 2. The molecule has 0 aromatic heterocycles. The van der Waals surface area contributed by atoms with Gasteiger partial charge in [0.05, 0.1) is 22.9 Å². The van der Waals surface area contributed by atoms with Crippen molar-refractivity contribution < 1.29 is 30.5 Å². The fraction of sp³-hybridized carbons (Fsp3) is 0.571. The molecule has 0 spiro atoms. The largest absolute Gasteiger partial charge is 0.744 e. The Morgan fingerprint density at radius 3 is 1.60 bits per heavy atom. The highest BCUT2D eigenvalue weighted by molar-refractivity contribution is 7.86. The summed E-state index contributed by atoms with van der Waals surface area (Å²) in [5.41, 5.74) is 0. The molecule has 2 aromatic carbocycles. The van der Waals surface area contributed by atoms with Gasteiger partial charge in [0.25, 0.3) is 5.84 Å². The molecule has 0 saturated carbocycles. The van der Waals surface area contributed by atoms with E-state index in [1.165, 1.54) is 140 Å². The van der Waals surface area contributed by atoms with E-state index in [4.69, 9.17) is 0 Å². The molecule has 2 aliphatic rings. The monoisotopic (exact) mass is 689 g/mol. The summed E-state index contributed by atoms with van der Waals surface area (Å²) >= 11 is 0. The lowest BCUT2D eigenvalue weighted by molar-refractivity contribution is -0.517. The Balaban J connectivity index is 0.000000284. The van der Waals surface area contributed by atoms with E-state index in [1.54, 1.807) is 0 Å². The van der Waals surface area contributed by atoms with Crippen molar-refractivity contribution in [3.8, 4) is 0 Å². The van der Waals surface area contributed by atoms with E-state index < -0.39 is 30.0 Å². The zero-order chi connectivity index (χ0) is 34.5. The highest BCUT2D eigenvalue weighted by Gasteiger charge is 2.28. The minimum atomic E-state index is -4.74. The van der Waals surface area contributed by atoms with Gasteiger partial charge in [0.1, 0.15) is 39.1 Å². The van der Waals surface area contributed by atoms with Gasteiger partial charge in [0, 0.05) is 43.0 Å². The summed E-state index contributed by atoms with van der Waals surface area (Å²) in [6.07, 6.45) is 17.3. The van der Waals surface area contributed by atoms with Crippen molar-refractivity contribution in [2.24, 2.45) is 0 Å².